The Balaban J connectivity index is 1.99. The number of rotatable bonds is 4. The van der Waals surface area contributed by atoms with E-state index in [0.29, 0.717) is 27.4 Å². The molecule has 0 aliphatic heterocycles. The van der Waals surface area contributed by atoms with Crippen LogP contribution in [-0.2, 0) is 10.0 Å². The lowest BCUT2D eigenvalue weighted by molar-refractivity contribution is 0.589. The second-order valence-corrected chi connectivity index (χ2v) is 9.61. The molecule has 28 heavy (non-hydrogen) atoms. The fourth-order valence-electron chi connectivity index (χ4n) is 2.85. The van der Waals surface area contributed by atoms with E-state index in [-0.39, 0.29) is 4.90 Å². The average molecular weight is 475 g/mol. The molecule has 142 valence electrons. The largest absolute Gasteiger partial charge is 0.269 e. The third-order valence-electron chi connectivity index (χ3n) is 4.25. The fourth-order valence-corrected chi connectivity index (χ4v) is 4.87. The summed E-state index contributed by atoms with van der Waals surface area (Å²) in [6, 6.07) is 10.4. The highest BCUT2D eigenvalue weighted by atomic mass is 79.9. The van der Waals surface area contributed by atoms with Crippen molar-refractivity contribution in [1.82, 2.24) is 18.9 Å². The van der Waals surface area contributed by atoms with Crippen LogP contribution in [0.15, 0.2) is 69.5 Å². The summed E-state index contributed by atoms with van der Waals surface area (Å²) in [4.78, 5) is 13.3. The van der Waals surface area contributed by atoms with E-state index in [0.717, 1.165) is 10.0 Å². The molecule has 1 aromatic carbocycles. The smallest absolute Gasteiger partial charge is 0.236 e. The molecule has 3 aromatic heterocycles. The second kappa shape index (κ2) is 7.31. The fraction of sp³-hybridized carbons (Fsp3) is 0.105. The molecule has 0 aliphatic rings. The van der Waals surface area contributed by atoms with Crippen molar-refractivity contribution < 1.29 is 8.42 Å². The molecule has 9 heteroatoms. The van der Waals surface area contributed by atoms with Crippen molar-refractivity contribution >= 4 is 48.7 Å². The summed E-state index contributed by atoms with van der Waals surface area (Å²) in [6.07, 6.45) is 6.71. The normalized spacial score (nSPS) is 11.8. The Morgan fingerprint density at radius 1 is 1.11 bits per heavy atom. The lowest BCUT2D eigenvalue weighted by Gasteiger charge is -2.07. The Hall–Kier alpha value is -2.23. The van der Waals surface area contributed by atoms with Crippen molar-refractivity contribution in [1.29, 1.82) is 0 Å². The molecule has 0 fully saturated rings. The first-order valence-corrected chi connectivity index (χ1v) is 11.7. The zero-order chi connectivity index (χ0) is 19.9. The molecule has 0 N–H and O–H groups in total. The SMILES string of the molecule is CSc1nccc(-c2cn(S(=O)(=O)c3ccc(C)cc3)c3ncc(Br)cc23)n1. The maximum absolute atomic E-state index is 13.3. The third-order valence-corrected chi connectivity index (χ3v) is 6.91. The number of thioether (sulfide) groups is 1. The van der Waals surface area contributed by atoms with E-state index in [4.69, 9.17) is 0 Å². The summed E-state index contributed by atoms with van der Waals surface area (Å²) < 4.78 is 28.5. The molecule has 6 nitrogen and oxygen atoms in total. The number of aromatic nitrogens is 4. The van der Waals surface area contributed by atoms with Gasteiger partial charge in [-0.15, -0.1) is 0 Å². The molecule has 0 amide bonds. The number of pyridine rings is 1. The lowest BCUT2D eigenvalue weighted by Crippen LogP contribution is -2.12. The number of benzene rings is 1. The van der Waals surface area contributed by atoms with Gasteiger partial charge in [0.05, 0.1) is 10.6 Å². The minimum atomic E-state index is -3.81. The van der Waals surface area contributed by atoms with E-state index in [1.54, 1.807) is 48.9 Å². The van der Waals surface area contributed by atoms with Crippen molar-refractivity contribution in [2.75, 3.05) is 6.26 Å². The van der Waals surface area contributed by atoms with Crippen LogP contribution < -0.4 is 0 Å². The molecule has 4 rings (SSSR count). The summed E-state index contributed by atoms with van der Waals surface area (Å²) in [5, 5.41) is 1.30. The van der Waals surface area contributed by atoms with Crippen LogP contribution in [0.25, 0.3) is 22.3 Å². The maximum atomic E-state index is 13.3. The van der Waals surface area contributed by atoms with Gasteiger partial charge in [0.2, 0.25) is 0 Å². The van der Waals surface area contributed by atoms with Gasteiger partial charge in [0, 0.05) is 34.0 Å². The first-order valence-electron chi connectivity index (χ1n) is 8.26. The molecular weight excluding hydrogens is 460 g/mol. The summed E-state index contributed by atoms with van der Waals surface area (Å²) in [5.74, 6) is 0. The van der Waals surface area contributed by atoms with Crippen molar-refractivity contribution in [3.05, 3.63) is 65.0 Å². The van der Waals surface area contributed by atoms with Gasteiger partial charge in [-0.2, -0.15) is 0 Å². The molecule has 0 atom stereocenters. The summed E-state index contributed by atoms with van der Waals surface area (Å²) >= 11 is 4.85. The van der Waals surface area contributed by atoms with Crippen LogP contribution in [0.2, 0.25) is 0 Å². The molecule has 0 saturated carbocycles. The van der Waals surface area contributed by atoms with Crippen molar-refractivity contribution in [2.24, 2.45) is 0 Å². The Labute approximate surface area is 175 Å². The zero-order valence-corrected chi connectivity index (χ0v) is 18.2. The first kappa shape index (κ1) is 19.1. The van der Waals surface area contributed by atoms with E-state index >= 15 is 0 Å². The van der Waals surface area contributed by atoms with Gasteiger partial charge in [0.25, 0.3) is 10.0 Å². The molecule has 0 saturated heterocycles. The molecule has 3 heterocycles. The first-order chi connectivity index (χ1) is 13.4. The second-order valence-electron chi connectivity index (χ2n) is 6.11. The van der Waals surface area contributed by atoms with Gasteiger partial charge in [-0.3, -0.25) is 0 Å². The van der Waals surface area contributed by atoms with Gasteiger partial charge in [0.15, 0.2) is 10.8 Å². The molecule has 0 radical (unpaired) electrons. The molecule has 0 bridgehead atoms. The zero-order valence-electron chi connectivity index (χ0n) is 15.0. The topological polar surface area (TPSA) is 77.7 Å². The molecular formula is C19H15BrN4O2S2. The molecule has 0 aliphatic carbocycles. The maximum Gasteiger partial charge on any atom is 0.269 e. The predicted octanol–water partition coefficient (Wildman–Crippen LogP) is 4.52. The molecule has 0 unspecified atom stereocenters. The van der Waals surface area contributed by atoms with E-state index in [9.17, 15) is 8.42 Å². The van der Waals surface area contributed by atoms with Crippen LogP contribution >= 0.6 is 27.7 Å². The number of hydrogen-bond donors (Lipinski definition) is 0. The minimum Gasteiger partial charge on any atom is -0.236 e. The minimum absolute atomic E-state index is 0.207. The van der Waals surface area contributed by atoms with Crippen molar-refractivity contribution in [3.8, 4) is 11.3 Å². The molecule has 0 spiro atoms. The lowest BCUT2D eigenvalue weighted by atomic mass is 10.1. The monoisotopic (exact) mass is 474 g/mol. The van der Waals surface area contributed by atoms with Crippen molar-refractivity contribution in [3.63, 3.8) is 0 Å². The highest BCUT2D eigenvalue weighted by molar-refractivity contribution is 9.10. The summed E-state index contributed by atoms with van der Waals surface area (Å²) in [6.45, 7) is 1.91. The van der Waals surface area contributed by atoms with Gasteiger partial charge in [-0.25, -0.2) is 27.3 Å². The quantitative estimate of drug-likeness (QED) is 0.319. The van der Waals surface area contributed by atoms with Crippen LogP contribution in [0, 0.1) is 6.92 Å². The van der Waals surface area contributed by atoms with Crippen LogP contribution in [0.5, 0.6) is 0 Å². The van der Waals surface area contributed by atoms with Gasteiger partial charge in [-0.05, 0) is 53.4 Å². The summed E-state index contributed by atoms with van der Waals surface area (Å²) in [7, 11) is -3.81. The highest BCUT2D eigenvalue weighted by Gasteiger charge is 2.23. The average Bonchev–Trinajstić information content (AvgIpc) is 3.08. The number of fused-ring (bicyclic) bond motifs is 1. The Morgan fingerprint density at radius 3 is 2.57 bits per heavy atom. The van der Waals surface area contributed by atoms with Gasteiger partial charge in [0.1, 0.15) is 0 Å². The summed E-state index contributed by atoms with van der Waals surface area (Å²) in [5.41, 5.74) is 2.66. The number of aryl methyl sites for hydroxylation is 1. The van der Waals surface area contributed by atoms with E-state index in [1.807, 2.05) is 19.2 Å². The van der Waals surface area contributed by atoms with Gasteiger partial charge in [-0.1, -0.05) is 29.5 Å². The predicted molar refractivity (Wildman–Crippen MR) is 114 cm³/mol. The number of halogens is 1. The van der Waals surface area contributed by atoms with E-state index in [2.05, 4.69) is 30.9 Å². The number of hydrogen-bond acceptors (Lipinski definition) is 6. The third kappa shape index (κ3) is 3.34. The standard InChI is InChI=1S/C19H15BrN4O2S2/c1-12-3-5-14(6-4-12)28(25,26)24-11-16(15-9-13(20)10-22-18(15)24)17-7-8-21-19(23-17)27-2/h3-11H,1-2H3. The highest BCUT2D eigenvalue weighted by Crippen LogP contribution is 2.33. The number of nitrogens with zero attached hydrogens (tertiary/aromatic N) is 4. The van der Waals surface area contributed by atoms with Crippen LogP contribution in [0.4, 0.5) is 0 Å². The Bertz CT molecular complexity index is 1290. The van der Waals surface area contributed by atoms with E-state index in [1.165, 1.54) is 15.7 Å². The van der Waals surface area contributed by atoms with Gasteiger partial charge < -0.3 is 0 Å². The van der Waals surface area contributed by atoms with Crippen LogP contribution in [0.1, 0.15) is 5.56 Å². The van der Waals surface area contributed by atoms with Crippen LogP contribution in [0.3, 0.4) is 0 Å². The Kier molecular flexibility index (Phi) is 4.98. The molecule has 4 aromatic rings. The van der Waals surface area contributed by atoms with Crippen molar-refractivity contribution in [2.45, 2.75) is 17.0 Å². The van der Waals surface area contributed by atoms with E-state index < -0.39 is 10.0 Å². The van der Waals surface area contributed by atoms with Crippen LogP contribution in [-0.4, -0.2) is 33.6 Å². The van der Waals surface area contributed by atoms with Gasteiger partial charge >= 0.3 is 0 Å². The Morgan fingerprint density at radius 2 is 1.86 bits per heavy atom.